The van der Waals surface area contributed by atoms with E-state index in [1.54, 1.807) is 0 Å². The SMILES string of the molecule is CCCCCCn1nnc(C#N)c1C(C)C. The summed E-state index contributed by atoms with van der Waals surface area (Å²) in [6.07, 6.45) is 4.83. The highest BCUT2D eigenvalue weighted by molar-refractivity contribution is 5.26. The van der Waals surface area contributed by atoms with Gasteiger partial charge in [-0.2, -0.15) is 5.26 Å². The zero-order valence-corrected chi connectivity index (χ0v) is 10.4. The second-order valence-corrected chi connectivity index (χ2v) is 4.37. The molecule has 0 fully saturated rings. The summed E-state index contributed by atoms with van der Waals surface area (Å²) in [5.74, 6) is 0.302. The van der Waals surface area contributed by atoms with Crippen LogP contribution in [0.5, 0.6) is 0 Å². The van der Waals surface area contributed by atoms with Gasteiger partial charge in [-0.25, -0.2) is 4.68 Å². The molecule has 0 aromatic carbocycles. The summed E-state index contributed by atoms with van der Waals surface area (Å²) in [7, 11) is 0. The summed E-state index contributed by atoms with van der Waals surface area (Å²) in [5.41, 5.74) is 1.45. The molecule has 1 aromatic heterocycles. The summed E-state index contributed by atoms with van der Waals surface area (Å²) in [6, 6.07) is 2.10. The Bertz CT molecular complexity index is 360. The third-order valence-corrected chi connectivity index (χ3v) is 2.65. The fraction of sp³-hybridized carbons (Fsp3) is 0.750. The molecule has 4 nitrogen and oxygen atoms in total. The summed E-state index contributed by atoms with van der Waals surface area (Å²) >= 11 is 0. The van der Waals surface area contributed by atoms with Crippen LogP contribution in [0.3, 0.4) is 0 Å². The van der Waals surface area contributed by atoms with Gasteiger partial charge in [-0.1, -0.05) is 45.2 Å². The van der Waals surface area contributed by atoms with E-state index < -0.39 is 0 Å². The van der Waals surface area contributed by atoms with E-state index in [0.717, 1.165) is 18.7 Å². The molecule has 0 aliphatic rings. The van der Waals surface area contributed by atoms with Gasteiger partial charge in [0.25, 0.3) is 0 Å². The van der Waals surface area contributed by atoms with Crippen LogP contribution in [-0.2, 0) is 6.54 Å². The molecule has 88 valence electrons. The van der Waals surface area contributed by atoms with Gasteiger partial charge >= 0.3 is 0 Å². The Kier molecular flexibility index (Phi) is 4.97. The number of aromatic nitrogens is 3. The van der Waals surface area contributed by atoms with E-state index in [1.165, 1.54) is 19.3 Å². The van der Waals surface area contributed by atoms with E-state index in [0.29, 0.717) is 11.6 Å². The molecule has 0 saturated heterocycles. The number of hydrogen-bond acceptors (Lipinski definition) is 3. The molecule has 0 amide bonds. The highest BCUT2D eigenvalue weighted by Gasteiger charge is 2.15. The van der Waals surface area contributed by atoms with Crippen molar-refractivity contribution in [3.63, 3.8) is 0 Å². The Morgan fingerprint density at radius 1 is 1.31 bits per heavy atom. The maximum atomic E-state index is 8.92. The van der Waals surface area contributed by atoms with Crippen molar-refractivity contribution in [2.75, 3.05) is 0 Å². The van der Waals surface area contributed by atoms with Crippen molar-refractivity contribution in [3.05, 3.63) is 11.4 Å². The molecule has 1 heterocycles. The predicted molar refractivity (Wildman–Crippen MR) is 63.0 cm³/mol. The summed E-state index contributed by atoms with van der Waals surface area (Å²) in [6.45, 7) is 7.22. The molecule has 16 heavy (non-hydrogen) atoms. The average molecular weight is 220 g/mol. The zero-order chi connectivity index (χ0) is 12.0. The molecule has 0 N–H and O–H groups in total. The van der Waals surface area contributed by atoms with Crippen molar-refractivity contribution in [2.45, 2.75) is 58.9 Å². The number of nitriles is 1. The lowest BCUT2D eigenvalue weighted by Crippen LogP contribution is -2.07. The highest BCUT2D eigenvalue weighted by Crippen LogP contribution is 2.17. The third kappa shape index (κ3) is 3.06. The van der Waals surface area contributed by atoms with E-state index in [4.69, 9.17) is 5.26 Å². The van der Waals surface area contributed by atoms with Crippen molar-refractivity contribution in [1.29, 1.82) is 5.26 Å². The first-order valence-corrected chi connectivity index (χ1v) is 6.04. The molecule has 0 radical (unpaired) electrons. The van der Waals surface area contributed by atoms with Crippen molar-refractivity contribution in [3.8, 4) is 6.07 Å². The lowest BCUT2D eigenvalue weighted by molar-refractivity contribution is 0.503. The smallest absolute Gasteiger partial charge is 0.186 e. The number of unbranched alkanes of at least 4 members (excludes halogenated alkanes) is 3. The van der Waals surface area contributed by atoms with Gasteiger partial charge in [0.15, 0.2) is 5.69 Å². The Morgan fingerprint density at radius 3 is 2.62 bits per heavy atom. The lowest BCUT2D eigenvalue weighted by atomic mass is 10.1. The van der Waals surface area contributed by atoms with Gasteiger partial charge < -0.3 is 0 Å². The second kappa shape index (κ2) is 6.26. The Balaban J connectivity index is 2.66. The normalized spacial score (nSPS) is 10.7. The van der Waals surface area contributed by atoms with Crippen LogP contribution in [0.4, 0.5) is 0 Å². The minimum absolute atomic E-state index is 0.302. The minimum Gasteiger partial charge on any atom is -0.248 e. The Labute approximate surface area is 97.3 Å². The summed E-state index contributed by atoms with van der Waals surface area (Å²) in [5, 5.41) is 16.9. The van der Waals surface area contributed by atoms with E-state index in [1.807, 2.05) is 4.68 Å². The van der Waals surface area contributed by atoms with Crippen LogP contribution >= 0.6 is 0 Å². The molecule has 0 saturated carbocycles. The monoisotopic (exact) mass is 220 g/mol. The molecule has 0 unspecified atom stereocenters. The maximum Gasteiger partial charge on any atom is 0.186 e. The van der Waals surface area contributed by atoms with Crippen LogP contribution in [0.2, 0.25) is 0 Å². The molecule has 0 aliphatic heterocycles. The first kappa shape index (κ1) is 12.7. The van der Waals surface area contributed by atoms with Crippen LogP contribution in [0.25, 0.3) is 0 Å². The molecule has 0 atom stereocenters. The maximum absolute atomic E-state index is 8.92. The predicted octanol–water partition coefficient (Wildman–Crippen LogP) is 2.85. The van der Waals surface area contributed by atoms with Gasteiger partial charge in [-0.05, 0) is 12.3 Å². The van der Waals surface area contributed by atoms with Crippen molar-refractivity contribution < 1.29 is 0 Å². The molecule has 4 heteroatoms. The van der Waals surface area contributed by atoms with E-state index >= 15 is 0 Å². The lowest BCUT2D eigenvalue weighted by Gasteiger charge is -2.08. The molecule has 0 bridgehead atoms. The fourth-order valence-corrected chi connectivity index (χ4v) is 1.82. The van der Waals surface area contributed by atoms with Crippen LogP contribution in [0.15, 0.2) is 0 Å². The van der Waals surface area contributed by atoms with E-state index in [-0.39, 0.29) is 0 Å². The van der Waals surface area contributed by atoms with E-state index in [2.05, 4.69) is 37.2 Å². The van der Waals surface area contributed by atoms with Crippen LogP contribution in [0.1, 0.15) is 63.8 Å². The van der Waals surface area contributed by atoms with Gasteiger partial charge in [-0.15, -0.1) is 5.10 Å². The fourth-order valence-electron chi connectivity index (χ4n) is 1.82. The number of nitrogens with zero attached hydrogens (tertiary/aromatic N) is 4. The molecule has 0 aliphatic carbocycles. The van der Waals surface area contributed by atoms with Crippen LogP contribution < -0.4 is 0 Å². The van der Waals surface area contributed by atoms with Crippen LogP contribution in [-0.4, -0.2) is 15.0 Å². The molecule has 1 aromatic rings. The summed E-state index contributed by atoms with van der Waals surface area (Å²) < 4.78 is 1.89. The van der Waals surface area contributed by atoms with Gasteiger partial charge in [-0.3, -0.25) is 0 Å². The largest absolute Gasteiger partial charge is 0.248 e. The molecule has 1 rings (SSSR count). The third-order valence-electron chi connectivity index (χ3n) is 2.65. The molecular weight excluding hydrogens is 200 g/mol. The van der Waals surface area contributed by atoms with Gasteiger partial charge in [0.05, 0.1) is 5.69 Å². The number of rotatable bonds is 6. The minimum atomic E-state index is 0.302. The van der Waals surface area contributed by atoms with Gasteiger partial charge in [0.1, 0.15) is 6.07 Å². The van der Waals surface area contributed by atoms with Crippen LogP contribution in [0, 0.1) is 11.3 Å². The molecular formula is C12H20N4. The first-order valence-electron chi connectivity index (χ1n) is 6.04. The quantitative estimate of drug-likeness (QED) is 0.693. The highest BCUT2D eigenvalue weighted by atomic mass is 15.4. The second-order valence-electron chi connectivity index (χ2n) is 4.37. The average Bonchev–Trinajstić information content (AvgIpc) is 2.67. The standard InChI is InChI=1S/C12H20N4/c1-4-5-6-7-8-16-12(10(2)3)11(9-13)14-15-16/h10H,4-8H2,1-3H3. The van der Waals surface area contributed by atoms with Crippen molar-refractivity contribution in [1.82, 2.24) is 15.0 Å². The van der Waals surface area contributed by atoms with E-state index in [9.17, 15) is 0 Å². The molecule has 0 spiro atoms. The number of hydrogen-bond donors (Lipinski definition) is 0. The first-order chi connectivity index (χ1) is 7.70. The van der Waals surface area contributed by atoms with Gasteiger partial charge in [0.2, 0.25) is 0 Å². The Hall–Kier alpha value is -1.37. The number of aryl methyl sites for hydroxylation is 1. The summed E-state index contributed by atoms with van der Waals surface area (Å²) in [4.78, 5) is 0. The van der Waals surface area contributed by atoms with Gasteiger partial charge in [0, 0.05) is 6.54 Å². The Morgan fingerprint density at radius 2 is 2.06 bits per heavy atom. The van der Waals surface area contributed by atoms with Crippen molar-refractivity contribution in [2.24, 2.45) is 0 Å². The topological polar surface area (TPSA) is 54.5 Å². The zero-order valence-electron chi connectivity index (χ0n) is 10.4. The van der Waals surface area contributed by atoms with Crippen molar-refractivity contribution >= 4 is 0 Å².